The van der Waals surface area contributed by atoms with E-state index in [9.17, 15) is 4.79 Å². The van der Waals surface area contributed by atoms with Crippen LogP contribution in [0.3, 0.4) is 0 Å². The number of likely N-dealkylation sites (tertiary alicyclic amines) is 1. The molecule has 0 aromatic carbocycles. The lowest BCUT2D eigenvalue weighted by atomic mass is 10.0. The molecule has 0 saturated carbocycles. The van der Waals surface area contributed by atoms with Gasteiger partial charge in [-0.05, 0) is 61.9 Å². The van der Waals surface area contributed by atoms with Crippen molar-refractivity contribution < 1.29 is 4.79 Å². The highest BCUT2D eigenvalue weighted by Gasteiger charge is 2.30. The van der Waals surface area contributed by atoms with Gasteiger partial charge in [-0.25, -0.2) is 4.98 Å². The van der Waals surface area contributed by atoms with E-state index < -0.39 is 0 Å². The van der Waals surface area contributed by atoms with Crippen molar-refractivity contribution in [2.45, 2.75) is 38.6 Å². The lowest BCUT2D eigenvalue weighted by molar-refractivity contribution is 0.0725. The standard InChI is InChI=1S/C20H22N4O/c1-15-4-7-19-22-18(14-23(19)13-15)20(25)24-12-2-3-17(24)6-5-16-8-10-21-11-9-16/h4,7-11,13-14,17H,2-3,5-6,12H2,1H3/t17-/m0/s1. The average molecular weight is 334 g/mol. The summed E-state index contributed by atoms with van der Waals surface area (Å²) in [6, 6.07) is 8.37. The normalized spacial score (nSPS) is 17.3. The molecule has 1 fully saturated rings. The molecule has 5 nitrogen and oxygen atoms in total. The van der Waals surface area contributed by atoms with Gasteiger partial charge in [0.1, 0.15) is 11.3 Å². The van der Waals surface area contributed by atoms with Crippen molar-refractivity contribution in [2.75, 3.05) is 6.54 Å². The predicted octanol–water partition coefficient (Wildman–Crippen LogP) is 3.28. The summed E-state index contributed by atoms with van der Waals surface area (Å²) >= 11 is 0. The van der Waals surface area contributed by atoms with E-state index in [1.54, 1.807) is 0 Å². The molecule has 1 aliphatic rings. The summed E-state index contributed by atoms with van der Waals surface area (Å²) in [5.41, 5.74) is 3.79. The van der Waals surface area contributed by atoms with Crippen molar-refractivity contribution in [1.82, 2.24) is 19.3 Å². The number of carbonyl (C=O) groups excluding carboxylic acids is 1. The first-order valence-electron chi connectivity index (χ1n) is 8.86. The number of amides is 1. The third-order valence-corrected chi connectivity index (χ3v) is 4.97. The number of fused-ring (bicyclic) bond motifs is 1. The van der Waals surface area contributed by atoms with Crippen LogP contribution in [0.1, 0.15) is 40.9 Å². The van der Waals surface area contributed by atoms with Gasteiger partial charge in [0.2, 0.25) is 0 Å². The Morgan fingerprint density at radius 3 is 2.88 bits per heavy atom. The van der Waals surface area contributed by atoms with Gasteiger partial charge in [-0.3, -0.25) is 9.78 Å². The lowest BCUT2D eigenvalue weighted by Crippen LogP contribution is -2.36. The molecule has 0 aliphatic carbocycles. The molecule has 1 aliphatic heterocycles. The number of hydrogen-bond donors (Lipinski definition) is 0. The third kappa shape index (κ3) is 3.27. The zero-order valence-corrected chi connectivity index (χ0v) is 14.4. The van der Waals surface area contributed by atoms with Crippen molar-refractivity contribution in [3.8, 4) is 0 Å². The van der Waals surface area contributed by atoms with Crippen LogP contribution >= 0.6 is 0 Å². The number of rotatable bonds is 4. The van der Waals surface area contributed by atoms with Crippen LogP contribution < -0.4 is 0 Å². The number of imidazole rings is 1. The maximum atomic E-state index is 13.0. The van der Waals surface area contributed by atoms with Crippen LogP contribution in [0.15, 0.2) is 49.1 Å². The minimum atomic E-state index is 0.0542. The summed E-state index contributed by atoms with van der Waals surface area (Å²) in [6.07, 6.45) is 11.6. The topological polar surface area (TPSA) is 50.5 Å². The fourth-order valence-corrected chi connectivity index (χ4v) is 3.64. The number of aryl methyl sites for hydroxylation is 2. The monoisotopic (exact) mass is 334 g/mol. The van der Waals surface area contributed by atoms with Crippen molar-refractivity contribution in [2.24, 2.45) is 0 Å². The number of pyridine rings is 2. The second-order valence-corrected chi connectivity index (χ2v) is 6.79. The Hall–Kier alpha value is -2.69. The summed E-state index contributed by atoms with van der Waals surface area (Å²) in [5, 5.41) is 0. The van der Waals surface area contributed by atoms with Crippen LogP contribution in [0.25, 0.3) is 5.65 Å². The molecule has 0 radical (unpaired) electrons. The van der Waals surface area contributed by atoms with E-state index >= 15 is 0 Å². The van der Waals surface area contributed by atoms with Crippen molar-refractivity contribution in [3.05, 3.63) is 65.9 Å². The summed E-state index contributed by atoms with van der Waals surface area (Å²) < 4.78 is 1.94. The van der Waals surface area contributed by atoms with Crippen LogP contribution in [0.5, 0.6) is 0 Å². The number of aromatic nitrogens is 3. The van der Waals surface area contributed by atoms with E-state index in [4.69, 9.17) is 0 Å². The van der Waals surface area contributed by atoms with E-state index in [2.05, 4.69) is 9.97 Å². The van der Waals surface area contributed by atoms with Gasteiger partial charge < -0.3 is 9.30 Å². The fraction of sp³-hybridized carbons (Fsp3) is 0.350. The van der Waals surface area contributed by atoms with Gasteiger partial charge in [0.15, 0.2) is 0 Å². The second kappa shape index (κ2) is 6.67. The molecule has 1 amide bonds. The Morgan fingerprint density at radius 1 is 1.20 bits per heavy atom. The molecule has 1 saturated heterocycles. The molecule has 4 rings (SSSR count). The van der Waals surface area contributed by atoms with E-state index in [0.717, 1.165) is 43.4 Å². The zero-order chi connectivity index (χ0) is 17.2. The lowest BCUT2D eigenvalue weighted by Gasteiger charge is -2.24. The van der Waals surface area contributed by atoms with Gasteiger partial charge >= 0.3 is 0 Å². The molecule has 5 heteroatoms. The first-order chi connectivity index (χ1) is 12.2. The van der Waals surface area contributed by atoms with Gasteiger partial charge in [-0.1, -0.05) is 6.07 Å². The molecule has 0 N–H and O–H groups in total. The van der Waals surface area contributed by atoms with E-state index in [1.807, 2.05) is 65.3 Å². The minimum absolute atomic E-state index is 0.0542. The Bertz CT molecular complexity index is 887. The molecule has 0 unspecified atom stereocenters. The molecule has 1 atom stereocenters. The Kier molecular flexibility index (Phi) is 4.22. The highest BCUT2D eigenvalue weighted by atomic mass is 16.2. The van der Waals surface area contributed by atoms with Crippen molar-refractivity contribution in [3.63, 3.8) is 0 Å². The second-order valence-electron chi connectivity index (χ2n) is 6.79. The summed E-state index contributed by atoms with van der Waals surface area (Å²) in [4.78, 5) is 23.5. The zero-order valence-electron chi connectivity index (χ0n) is 14.4. The Morgan fingerprint density at radius 2 is 2.04 bits per heavy atom. The molecule has 4 heterocycles. The van der Waals surface area contributed by atoms with Crippen LogP contribution in [-0.4, -0.2) is 37.8 Å². The van der Waals surface area contributed by atoms with E-state index in [-0.39, 0.29) is 5.91 Å². The predicted molar refractivity (Wildman–Crippen MR) is 96.5 cm³/mol. The van der Waals surface area contributed by atoms with Crippen LogP contribution in [0, 0.1) is 6.92 Å². The number of carbonyl (C=O) groups is 1. The molecule has 0 bridgehead atoms. The van der Waals surface area contributed by atoms with Gasteiger partial charge in [-0.2, -0.15) is 0 Å². The number of hydrogen-bond acceptors (Lipinski definition) is 3. The summed E-state index contributed by atoms with van der Waals surface area (Å²) in [7, 11) is 0. The van der Waals surface area contributed by atoms with Crippen LogP contribution in [0.2, 0.25) is 0 Å². The minimum Gasteiger partial charge on any atom is -0.334 e. The third-order valence-electron chi connectivity index (χ3n) is 4.97. The average Bonchev–Trinajstić information content (AvgIpc) is 3.26. The fourth-order valence-electron chi connectivity index (χ4n) is 3.64. The van der Waals surface area contributed by atoms with Gasteiger partial charge in [-0.15, -0.1) is 0 Å². The molecule has 0 spiro atoms. The Labute approximate surface area is 147 Å². The summed E-state index contributed by atoms with van der Waals surface area (Å²) in [6.45, 7) is 2.86. The SMILES string of the molecule is Cc1ccc2nc(C(=O)N3CCC[C@H]3CCc3ccncc3)cn2c1. The van der Waals surface area contributed by atoms with Crippen molar-refractivity contribution >= 4 is 11.6 Å². The summed E-state index contributed by atoms with van der Waals surface area (Å²) in [5.74, 6) is 0.0542. The largest absolute Gasteiger partial charge is 0.334 e. The van der Waals surface area contributed by atoms with Crippen LogP contribution in [0.4, 0.5) is 0 Å². The van der Waals surface area contributed by atoms with E-state index in [1.165, 1.54) is 5.56 Å². The maximum absolute atomic E-state index is 13.0. The molecule has 3 aromatic heterocycles. The van der Waals surface area contributed by atoms with E-state index in [0.29, 0.717) is 11.7 Å². The maximum Gasteiger partial charge on any atom is 0.274 e. The molecule has 128 valence electrons. The molecule has 3 aromatic rings. The molecular weight excluding hydrogens is 312 g/mol. The quantitative estimate of drug-likeness (QED) is 0.736. The van der Waals surface area contributed by atoms with Crippen molar-refractivity contribution in [1.29, 1.82) is 0 Å². The Balaban J connectivity index is 1.49. The van der Waals surface area contributed by atoms with Gasteiger partial charge in [0.05, 0.1) is 0 Å². The highest BCUT2D eigenvalue weighted by molar-refractivity contribution is 5.93. The smallest absolute Gasteiger partial charge is 0.274 e. The molecular formula is C20H22N4O. The van der Waals surface area contributed by atoms with Gasteiger partial charge in [0.25, 0.3) is 5.91 Å². The molecule has 25 heavy (non-hydrogen) atoms. The van der Waals surface area contributed by atoms with Gasteiger partial charge in [0, 0.05) is 37.4 Å². The highest BCUT2D eigenvalue weighted by Crippen LogP contribution is 2.24. The van der Waals surface area contributed by atoms with Crippen LogP contribution in [-0.2, 0) is 6.42 Å². The first-order valence-corrected chi connectivity index (χ1v) is 8.86. The first kappa shape index (κ1) is 15.8. The number of nitrogens with zero attached hydrogens (tertiary/aromatic N) is 4.